The summed E-state index contributed by atoms with van der Waals surface area (Å²) < 4.78 is 20.0. The number of amides is 2. The van der Waals surface area contributed by atoms with Crippen LogP contribution in [0.15, 0.2) is 42.5 Å². The molecule has 0 bridgehead atoms. The average Bonchev–Trinajstić information content (AvgIpc) is 2.66. The molecule has 0 aromatic heterocycles. The van der Waals surface area contributed by atoms with E-state index in [9.17, 15) is 14.0 Å². The van der Waals surface area contributed by atoms with Gasteiger partial charge in [0.1, 0.15) is 17.6 Å². The molecule has 0 saturated heterocycles. The van der Waals surface area contributed by atoms with Crippen LogP contribution < -0.4 is 10.1 Å². The Kier molecular flexibility index (Phi) is 7.59. The molecular formula is C24H31FN2O3. The molecule has 0 unspecified atom stereocenters. The predicted octanol–water partition coefficient (Wildman–Crippen LogP) is 4.15. The molecule has 0 spiro atoms. The van der Waals surface area contributed by atoms with E-state index < -0.39 is 23.3 Å². The number of carbonyl (C=O) groups is 2. The van der Waals surface area contributed by atoms with Crippen molar-refractivity contribution in [2.45, 2.75) is 59.7 Å². The van der Waals surface area contributed by atoms with Crippen LogP contribution in [0.25, 0.3) is 0 Å². The minimum absolute atomic E-state index is 0.0274. The lowest BCUT2D eigenvalue weighted by Crippen LogP contribution is -2.53. The third-order valence-corrected chi connectivity index (χ3v) is 4.66. The van der Waals surface area contributed by atoms with Crippen LogP contribution in [0.2, 0.25) is 0 Å². The van der Waals surface area contributed by atoms with Gasteiger partial charge in [0.25, 0.3) is 5.91 Å². The van der Waals surface area contributed by atoms with E-state index in [4.69, 9.17) is 4.74 Å². The Labute approximate surface area is 178 Å². The van der Waals surface area contributed by atoms with E-state index in [0.717, 1.165) is 11.1 Å². The monoisotopic (exact) mass is 414 g/mol. The largest absolute Gasteiger partial charge is 0.483 e. The van der Waals surface area contributed by atoms with Crippen LogP contribution in [0.3, 0.4) is 0 Å². The number of hydrogen-bond acceptors (Lipinski definition) is 3. The fourth-order valence-corrected chi connectivity index (χ4v) is 2.95. The Hall–Kier alpha value is -2.89. The fourth-order valence-electron chi connectivity index (χ4n) is 2.95. The summed E-state index contributed by atoms with van der Waals surface area (Å²) in [7, 11) is 0. The summed E-state index contributed by atoms with van der Waals surface area (Å²) in [6, 6.07) is 11.2. The number of hydrogen-bond donors (Lipinski definition) is 1. The second-order valence-electron chi connectivity index (χ2n) is 8.59. The maximum Gasteiger partial charge on any atom is 0.261 e. The van der Waals surface area contributed by atoms with Crippen molar-refractivity contribution in [3.63, 3.8) is 0 Å². The molecule has 162 valence electrons. The first-order valence-corrected chi connectivity index (χ1v) is 10.0. The topological polar surface area (TPSA) is 58.6 Å². The van der Waals surface area contributed by atoms with Gasteiger partial charge in [-0.25, -0.2) is 4.39 Å². The lowest BCUT2D eigenvalue weighted by molar-refractivity contribution is -0.142. The molecule has 2 amide bonds. The van der Waals surface area contributed by atoms with Crippen molar-refractivity contribution >= 4 is 11.8 Å². The van der Waals surface area contributed by atoms with Crippen LogP contribution in [0.1, 0.15) is 44.4 Å². The summed E-state index contributed by atoms with van der Waals surface area (Å²) in [5, 5.41) is 2.88. The molecule has 2 aromatic carbocycles. The van der Waals surface area contributed by atoms with Gasteiger partial charge in [-0.15, -0.1) is 0 Å². The number of rotatable bonds is 7. The number of benzene rings is 2. The van der Waals surface area contributed by atoms with Crippen molar-refractivity contribution < 1.29 is 18.7 Å². The average molecular weight is 415 g/mol. The summed E-state index contributed by atoms with van der Waals surface area (Å²) in [4.78, 5) is 27.1. The van der Waals surface area contributed by atoms with Gasteiger partial charge in [-0.3, -0.25) is 9.59 Å². The highest BCUT2D eigenvalue weighted by atomic mass is 19.1. The van der Waals surface area contributed by atoms with E-state index >= 15 is 0 Å². The zero-order chi connectivity index (χ0) is 22.5. The van der Waals surface area contributed by atoms with E-state index in [2.05, 4.69) is 5.32 Å². The van der Waals surface area contributed by atoms with Crippen molar-refractivity contribution in [3.8, 4) is 5.75 Å². The van der Waals surface area contributed by atoms with Gasteiger partial charge in [-0.2, -0.15) is 0 Å². The molecular weight excluding hydrogens is 383 g/mol. The van der Waals surface area contributed by atoms with Crippen LogP contribution in [-0.2, 0) is 16.1 Å². The fraction of sp³-hybridized carbons (Fsp3) is 0.417. The number of nitrogens with one attached hydrogen (secondary N) is 1. The molecule has 0 fully saturated rings. The maximum atomic E-state index is 14.2. The quantitative estimate of drug-likeness (QED) is 0.740. The summed E-state index contributed by atoms with van der Waals surface area (Å²) in [5.74, 6) is -0.509. The highest BCUT2D eigenvalue weighted by Gasteiger charge is 2.29. The minimum atomic E-state index is -0.793. The van der Waals surface area contributed by atoms with Crippen molar-refractivity contribution in [3.05, 3.63) is 65.0 Å². The second kappa shape index (κ2) is 9.74. The van der Waals surface area contributed by atoms with Crippen LogP contribution >= 0.6 is 0 Å². The first-order chi connectivity index (χ1) is 14.0. The lowest BCUT2D eigenvalue weighted by Gasteiger charge is -2.31. The molecule has 0 radical (unpaired) electrons. The van der Waals surface area contributed by atoms with Gasteiger partial charge in [0.05, 0.1) is 0 Å². The van der Waals surface area contributed by atoms with Gasteiger partial charge in [-0.1, -0.05) is 30.3 Å². The molecule has 5 nitrogen and oxygen atoms in total. The number of nitrogens with zero attached hydrogens (tertiary/aromatic N) is 1. The molecule has 1 atom stereocenters. The molecule has 1 N–H and O–H groups in total. The van der Waals surface area contributed by atoms with Crippen molar-refractivity contribution in [2.24, 2.45) is 0 Å². The Balaban J connectivity index is 2.22. The van der Waals surface area contributed by atoms with E-state index in [1.165, 1.54) is 11.0 Å². The van der Waals surface area contributed by atoms with Gasteiger partial charge < -0.3 is 15.0 Å². The molecule has 0 saturated carbocycles. The maximum absolute atomic E-state index is 14.2. The van der Waals surface area contributed by atoms with Gasteiger partial charge >= 0.3 is 0 Å². The van der Waals surface area contributed by atoms with Crippen LogP contribution in [0.4, 0.5) is 4.39 Å². The van der Waals surface area contributed by atoms with E-state index in [1.54, 1.807) is 25.1 Å². The Morgan fingerprint density at radius 2 is 1.80 bits per heavy atom. The van der Waals surface area contributed by atoms with Crippen molar-refractivity contribution in [1.82, 2.24) is 10.2 Å². The number of aryl methyl sites for hydroxylation is 2. The number of carbonyl (C=O) groups excluding carboxylic acids is 2. The molecule has 6 heteroatoms. The summed E-state index contributed by atoms with van der Waals surface area (Å²) >= 11 is 0. The molecule has 2 rings (SSSR count). The molecule has 0 aliphatic rings. The minimum Gasteiger partial charge on any atom is -0.483 e. The third-order valence-electron chi connectivity index (χ3n) is 4.66. The normalized spacial score (nSPS) is 12.2. The summed E-state index contributed by atoms with van der Waals surface area (Å²) in [5.41, 5.74) is 1.82. The van der Waals surface area contributed by atoms with Crippen LogP contribution in [-0.4, -0.2) is 34.9 Å². The van der Waals surface area contributed by atoms with Crippen LogP contribution in [0, 0.1) is 19.7 Å². The summed E-state index contributed by atoms with van der Waals surface area (Å²) in [6.45, 7) is 10.8. The Morgan fingerprint density at radius 1 is 1.13 bits per heavy atom. The Bertz CT molecular complexity index is 906. The SMILES string of the molecule is Cc1ccc(C)c(OCC(=O)N(Cc2ccccc2F)[C@@H](C)C(=O)NC(C)(C)C)c1. The third kappa shape index (κ3) is 6.58. The smallest absolute Gasteiger partial charge is 0.261 e. The number of halogens is 1. The van der Waals surface area contributed by atoms with Gasteiger partial charge in [-0.05, 0) is 64.8 Å². The summed E-state index contributed by atoms with van der Waals surface area (Å²) in [6.07, 6.45) is 0. The highest BCUT2D eigenvalue weighted by Crippen LogP contribution is 2.20. The standard InChI is InChI=1S/C24H31FN2O3/c1-16-11-12-17(2)21(13-16)30-15-22(28)27(14-19-9-7-8-10-20(19)25)18(3)23(29)26-24(4,5)6/h7-13,18H,14-15H2,1-6H3,(H,26,29)/t18-/m0/s1. The number of ether oxygens (including phenoxy) is 1. The molecule has 0 heterocycles. The second-order valence-corrected chi connectivity index (χ2v) is 8.59. The predicted molar refractivity (Wildman–Crippen MR) is 116 cm³/mol. The van der Waals surface area contributed by atoms with E-state index in [0.29, 0.717) is 11.3 Å². The zero-order valence-corrected chi connectivity index (χ0v) is 18.6. The molecule has 2 aromatic rings. The lowest BCUT2D eigenvalue weighted by atomic mass is 10.1. The van der Waals surface area contributed by atoms with E-state index in [1.807, 2.05) is 52.8 Å². The van der Waals surface area contributed by atoms with Gasteiger partial charge in [0.15, 0.2) is 6.61 Å². The van der Waals surface area contributed by atoms with Crippen molar-refractivity contribution in [1.29, 1.82) is 0 Å². The molecule has 0 aliphatic carbocycles. The van der Waals surface area contributed by atoms with Gasteiger partial charge in [0, 0.05) is 17.6 Å². The first kappa shape index (κ1) is 23.4. The van der Waals surface area contributed by atoms with Crippen LogP contribution in [0.5, 0.6) is 5.75 Å². The Morgan fingerprint density at radius 3 is 2.43 bits per heavy atom. The highest BCUT2D eigenvalue weighted by molar-refractivity contribution is 5.88. The van der Waals surface area contributed by atoms with E-state index in [-0.39, 0.29) is 19.1 Å². The van der Waals surface area contributed by atoms with Crippen molar-refractivity contribution in [2.75, 3.05) is 6.61 Å². The first-order valence-electron chi connectivity index (χ1n) is 10.0. The molecule has 0 aliphatic heterocycles. The molecule has 30 heavy (non-hydrogen) atoms. The van der Waals surface area contributed by atoms with Gasteiger partial charge in [0.2, 0.25) is 5.91 Å². The zero-order valence-electron chi connectivity index (χ0n) is 18.6.